The molecule has 0 saturated heterocycles. The predicted molar refractivity (Wildman–Crippen MR) is 156 cm³/mol. The van der Waals surface area contributed by atoms with Gasteiger partial charge in [0.2, 0.25) is 0 Å². The first kappa shape index (κ1) is 22.2. The van der Waals surface area contributed by atoms with Gasteiger partial charge in [0.15, 0.2) is 0 Å². The van der Waals surface area contributed by atoms with Crippen LogP contribution in [0.15, 0.2) is 108 Å². The minimum atomic E-state index is -1.20. The maximum absolute atomic E-state index is 2.56. The van der Waals surface area contributed by atoms with Crippen molar-refractivity contribution in [1.82, 2.24) is 0 Å². The summed E-state index contributed by atoms with van der Waals surface area (Å²) in [4.78, 5) is 1.66. The summed E-state index contributed by atoms with van der Waals surface area (Å²) < 4.78 is 0. The molecule has 2 aliphatic carbocycles. The molecule has 0 spiro atoms. The summed E-state index contributed by atoms with van der Waals surface area (Å²) >= 11 is 0. The SMILES string of the molecule is CC1=C(S(C)(C)C2C(c3ccccc3)=Cc3c(-c4ccccc4)cccc32)C(C)c2ccccc21. The second kappa shape index (κ2) is 8.43. The van der Waals surface area contributed by atoms with Crippen LogP contribution in [0.4, 0.5) is 0 Å². The third kappa shape index (κ3) is 3.45. The zero-order chi connectivity index (χ0) is 24.2. The number of allylic oxidation sites excluding steroid dienone is 2. The van der Waals surface area contributed by atoms with Gasteiger partial charge in [0, 0.05) is 11.2 Å². The van der Waals surface area contributed by atoms with Gasteiger partial charge in [0.25, 0.3) is 0 Å². The van der Waals surface area contributed by atoms with Crippen LogP contribution in [0.1, 0.15) is 52.8 Å². The van der Waals surface area contributed by atoms with Crippen LogP contribution in [0, 0.1) is 0 Å². The number of hydrogen-bond acceptors (Lipinski definition) is 0. The maximum atomic E-state index is 2.56. The summed E-state index contributed by atoms with van der Waals surface area (Å²) in [6.45, 7) is 4.77. The van der Waals surface area contributed by atoms with E-state index in [0.717, 1.165) is 0 Å². The Hall–Kier alpha value is -3.29. The molecule has 35 heavy (non-hydrogen) atoms. The molecule has 2 unspecified atom stereocenters. The molecule has 0 amide bonds. The fraction of sp³-hybridized carbons (Fsp3) is 0.176. The van der Waals surface area contributed by atoms with Crippen LogP contribution >= 0.6 is 10.0 Å². The van der Waals surface area contributed by atoms with Gasteiger partial charge < -0.3 is 0 Å². The van der Waals surface area contributed by atoms with Crippen LogP contribution in [-0.4, -0.2) is 12.5 Å². The topological polar surface area (TPSA) is 0 Å². The largest absolute Gasteiger partial charge is 0.212 e. The third-order valence-electron chi connectivity index (χ3n) is 7.95. The monoisotopic (exact) mass is 472 g/mol. The molecule has 2 aliphatic rings. The van der Waals surface area contributed by atoms with E-state index in [1.807, 2.05) is 0 Å². The first-order valence-electron chi connectivity index (χ1n) is 12.5. The first-order valence-corrected chi connectivity index (χ1v) is 15.0. The Morgan fingerprint density at radius 3 is 1.86 bits per heavy atom. The Labute approximate surface area is 211 Å². The molecule has 0 N–H and O–H groups in total. The van der Waals surface area contributed by atoms with Crippen molar-refractivity contribution in [1.29, 1.82) is 0 Å². The van der Waals surface area contributed by atoms with Gasteiger partial charge in [-0.15, -0.1) is 0 Å². The van der Waals surface area contributed by atoms with Crippen molar-refractivity contribution >= 4 is 27.3 Å². The highest BCUT2D eigenvalue weighted by Gasteiger charge is 2.42. The van der Waals surface area contributed by atoms with Crippen molar-refractivity contribution in [2.24, 2.45) is 0 Å². The van der Waals surface area contributed by atoms with Crippen molar-refractivity contribution in [3.8, 4) is 11.1 Å². The van der Waals surface area contributed by atoms with Crippen molar-refractivity contribution in [2.45, 2.75) is 25.0 Å². The Morgan fingerprint density at radius 1 is 0.600 bits per heavy atom. The second-order valence-corrected chi connectivity index (χ2v) is 13.9. The van der Waals surface area contributed by atoms with Crippen LogP contribution in [0.5, 0.6) is 0 Å². The number of fused-ring (bicyclic) bond motifs is 2. The molecule has 2 atom stereocenters. The standard InChI is InChI=1S/C34H32S/c1-23-27-18-11-12-19-28(27)24(2)33(23)35(3,4)34-30-21-13-20-29(25-14-7-5-8-15-25)32(30)22-31(34)26-16-9-6-10-17-26/h5-23,34H,1-4H3. The molecule has 0 radical (unpaired) electrons. The van der Waals surface area contributed by atoms with E-state index in [1.165, 1.54) is 50.1 Å². The van der Waals surface area contributed by atoms with Crippen molar-refractivity contribution in [3.05, 3.63) is 136 Å². The molecular weight excluding hydrogens is 440 g/mol. The second-order valence-electron chi connectivity index (χ2n) is 10.2. The highest BCUT2D eigenvalue weighted by Crippen LogP contribution is 2.73. The van der Waals surface area contributed by atoms with Gasteiger partial charge in [0.1, 0.15) is 0 Å². The summed E-state index contributed by atoms with van der Waals surface area (Å²) in [5, 5.41) is 0.366. The molecule has 0 aliphatic heterocycles. The fourth-order valence-electron chi connectivity index (χ4n) is 6.53. The van der Waals surface area contributed by atoms with Gasteiger partial charge in [-0.2, -0.15) is 0 Å². The van der Waals surface area contributed by atoms with Crippen molar-refractivity contribution in [3.63, 3.8) is 0 Å². The molecule has 0 saturated carbocycles. The number of benzene rings is 4. The number of hydrogen-bond donors (Lipinski definition) is 0. The zero-order valence-electron chi connectivity index (χ0n) is 21.0. The minimum Gasteiger partial charge on any atom is -0.212 e. The molecule has 0 aromatic heterocycles. The van der Waals surface area contributed by atoms with E-state index in [0.29, 0.717) is 11.2 Å². The highest BCUT2D eigenvalue weighted by molar-refractivity contribution is 8.36. The average Bonchev–Trinajstić information content (AvgIpc) is 3.41. The molecule has 0 heterocycles. The Morgan fingerprint density at radius 2 is 1.17 bits per heavy atom. The minimum absolute atomic E-state index is 0.366. The van der Waals surface area contributed by atoms with E-state index in [1.54, 1.807) is 4.91 Å². The summed E-state index contributed by atoms with van der Waals surface area (Å²) in [7, 11) is -1.20. The van der Waals surface area contributed by atoms with Crippen LogP contribution in [-0.2, 0) is 0 Å². The highest BCUT2D eigenvalue weighted by atomic mass is 32.3. The van der Waals surface area contributed by atoms with Gasteiger partial charge in [-0.25, -0.2) is 10.0 Å². The molecule has 4 aromatic carbocycles. The summed E-state index contributed by atoms with van der Waals surface area (Å²) in [6.07, 6.45) is 7.61. The molecule has 4 aromatic rings. The lowest BCUT2D eigenvalue weighted by Crippen LogP contribution is -2.14. The summed E-state index contributed by atoms with van der Waals surface area (Å²) in [5.74, 6) is 0.453. The normalized spacial score (nSPS) is 19.4. The van der Waals surface area contributed by atoms with Crippen molar-refractivity contribution < 1.29 is 0 Å². The lowest BCUT2D eigenvalue weighted by atomic mass is 9.97. The van der Waals surface area contributed by atoms with E-state index >= 15 is 0 Å². The Balaban J connectivity index is 1.57. The molecule has 6 rings (SSSR count). The smallest absolute Gasteiger partial charge is 0.0434 e. The van der Waals surface area contributed by atoms with Crippen LogP contribution in [0.3, 0.4) is 0 Å². The van der Waals surface area contributed by atoms with E-state index < -0.39 is 10.0 Å². The van der Waals surface area contributed by atoms with Gasteiger partial charge in [0.05, 0.1) is 0 Å². The quantitative estimate of drug-likeness (QED) is 0.277. The van der Waals surface area contributed by atoms with Crippen LogP contribution < -0.4 is 0 Å². The molecule has 1 heteroatoms. The molecule has 174 valence electrons. The summed E-state index contributed by atoms with van der Waals surface area (Å²) in [5.41, 5.74) is 12.7. The van der Waals surface area contributed by atoms with Crippen LogP contribution in [0.25, 0.3) is 28.3 Å². The fourth-order valence-corrected chi connectivity index (χ4v) is 10.4. The predicted octanol–water partition coefficient (Wildman–Crippen LogP) is 9.56. The van der Waals surface area contributed by atoms with Gasteiger partial charge in [-0.3, -0.25) is 0 Å². The maximum Gasteiger partial charge on any atom is 0.0434 e. The number of rotatable bonds is 4. The molecular formula is C34H32S. The van der Waals surface area contributed by atoms with Gasteiger partial charge in [-0.1, -0.05) is 110 Å². The zero-order valence-corrected chi connectivity index (χ0v) is 21.8. The lowest BCUT2D eigenvalue weighted by molar-refractivity contribution is 0.968. The Kier molecular flexibility index (Phi) is 5.34. The van der Waals surface area contributed by atoms with Gasteiger partial charge >= 0.3 is 0 Å². The molecule has 0 fully saturated rings. The van der Waals surface area contributed by atoms with E-state index in [9.17, 15) is 0 Å². The molecule has 0 nitrogen and oxygen atoms in total. The van der Waals surface area contributed by atoms with Gasteiger partial charge in [-0.05, 0) is 80.5 Å². The van der Waals surface area contributed by atoms with E-state index in [4.69, 9.17) is 0 Å². The third-order valence-corrected chi connectivity index (χ3v) is 11.4. The van der Waals surface area contributed by atoms with Crippen LogP contribution in [0.2, 0.25) is 0 Å². The summed E-state index contributed by atoms with van der Waals surface area (Å²) in [6, 6.07) is 37.9. The van der Waals surface area contributed by atoms with E-state index in [2.05, 4.69) is 136 Å². The first-order chi connectivity index (χ1) is 17.0. The van der Waals surface area contributed by atoms with E-state index in [-0.39, 0.29) is 0 Å². The van der Waals surface area contributed by atoms with Crippen molar-refractivity contribution in [2.75, 3.05) is 12.5 Å². The molecule has 0 bridgehead atoms. The average molecular weight is 473 g/mol. The Bertz CT molecular complexity index is 1470. The lowest BCUT2D eigenvalue weighted by Gasteiger charge is -2.44.